The molecule has 0 atom stereocenters. The number of hydrogen-bond acceptors (Lipinski definition) is 7. The summed E-state index contributed by atoms with van der Waals surface area (Å²) in [6, 6.07) is 31.8. The van der Waals surface area contributed by atoms with Crippen molar-refractivity contribution in [1.29, 1.82) is 0 Å². The van der Waals surface area contributed by atoms with Crippen LogP contribution in [-0.2, 0) is 0 Å². The van der Waals surface area contributed by atoms with Gasteiger partial charge in [-0.25, -0.2) is 8.78 Å². The zero-order valence-electron chi connectivity index (χ0n) is 38.0. The van der Waals surface area contributed by atoms with Gasteiger partial charge in [-0.05, 0) is 235 Å². The first-order chi connectivity index (χ1) is 32.0. The number of halogens is 6. The molecule has 67 heavy (non-hydrogen) atoms. The molecule has 0 heterocycles. The molecule has 0 aromatic heterocycles. The summed E-state index contributed by atoms with van der Waals surface area (Å²) in [4.78, 5) is 38.8. The van der Waals surface area contributed by atoms with Gasteiger partial charge in [0.05, 0.1) is 40.4 Å². The highest BCUT2D eigenvalue weighted by molar-refractivity contribution is 14.1. The largest absolute Gasteiger partial charge is 0.395 e. The SMILES string of the molecule is CCCNC(=O)c1ccc(F)cc1Nc1ccc(I)cc1C.CCN(CC)C(=O)c1ccc(F)cc1Nc1ccc(I)cc1C.Cc1cc(I)ccc1Nc1ccc(Br)cc1C(=O)NCCO. The quantitative estimate of drug-likeness (QED) is 0.0564. The van der Waals surface area contributed by atoms with Crippen molar-refractivity contribution in [2.24, 2.45) is 0 Å². The van der Waals surface area contributed by atoms with Crippen molar-refractivity contribution in [1.82, 2.24) is 15.5 Å². The van der Waals surface area contributed by atoms with Gasteiger partial charge in [0.1, 0.15) is 11.6 Å². The number of nitrogens with one attached hydrogen (secondary N) is 5. The molecule has 0 bridgehead atoms. The molecule has 6 N–H and O–H groups in total. The average molecular weight is 1310 g/mol. The van der Waals surface area contributed by atoms with E-state index in [1.807, 2.05) is 102 Å². The van der Waals surface area contributed by atoms with Crippen molar-refractivity contribution in [3.63, 3.8) is 0 Å². The van der Waals surface area contributed by atoms with Gasteiger partial charge in [0.15, 0.2) is 0 Å². The zero-order chi connectivity index (χ0) is 49.2. The third-order valence-corrected chi connectivity index (χ3v) is 12.5. The lowest BCUT2D eigenvalue weighted by atomic mass is 10.1. The van der Waals surface area contributed by atoms with Crippen LogP contribution in [0.1, 0.15) is 75.0 Å². The maximum atomic E-state index is 13.7. The monoisotopic (exact) mass is 1310 g/mol. The van der Waals surface area contributed by atoms with Crippen molar-refractivity contribution in [2.75, 3.05) is 48.7 Å². The molecule has 354 valence electrons. The first kappa shape index (κ1) is 55.2. The normalized spacial score (nSPS) is 10.4. The summed E-state index contributed by atoms with van der Waals surface area (Å²) in [7, 11) is 0. The Morgan fingerprint density at radius 1 is 0.537 bits per heavy atom. The number of aliphatic hydroxyl groups is 1. The molecule has 0 unspecified atom stereocenters. The van der Waals surface area contributed by atoms with E-state index in [2.05, 4.69) is 116 Å². The van der Waals surface area contributed by atoms with Crippen LogP contribution in [0.4, 0.5) is 42.9 Å². The number of benzene rings is 6. The second kappa shape index (κ2) is 27.6. The van der Waals surface area contributed by atoms with Crippen molar-refractivity contribution in [3.8, 4) is 0 Å². The van der Waals surface area contributed by atoms with Crippen molar-refractivity contribution in [2.45, 2.75) is 48.0 Å². The van der Waals surface area contributed by atoms with Crippen LogP contribution in [0.15, 0.2) is 114 Å². The fourth-order valence-electron chi connectivity index (χ4n) is 6.45. The molecule has 3 amide bonds. The zero-order valence-corrected chi connectivity index (χ0v) is 46.1. The van der Waals surface area contributed by atoms with E-state index in [4.69, 9.17) is 5.11 Å². The molecule has 0 aliphatic rings. The maximum Gasteiger partial charge on any atom is 0.255 e. The topological polar surface area (TPSA) is 135 Å². The highest BCUT2D eigenvalue weighted by Gasteiger charge is 2.19. The summed E-state index contributed by atoms with van der Waals surface area (Å²) in [6.07, 6.45) is 0.853. The summed E-state index contributed by atoms with van der Waals surface area (Å²) in [5.74, 6) is -1.27. The predicted octanol–water partition coefficient (Wildman–Crippen LogP) is 13.4. The molecule has 16 heteroatoms. The van der Waals surface area contributed by atoms with Crippen molar-refractivity contribution in [3.05, 3.63) is 169 Å². The minimum Gasteiger partial charge on any atom is -0.395 e. The Morgan fingerprint density at radius 3 is 1.40 bits per heavy atom. The molecular weight excluding hydrogens is 1260 g/mol. The third kappa shape index (κ3) is 17.0. The van der Waals surface area contributed by atoms with Crippen LogP contribution in [-0.4, -0.2) is 60.5 Å². The van der Waals surface area contributed by atoms with Gasteiger partial charge in [-0.3, -0.25) is 14.4 Å². The van der Waals surface area contributed by atoms with Gasteiger partial charge in [-0.1, -0.05) is 22.9 Å². The Bertz CT molecular complexity index is 2670. The lowest BCUT2D eigenvalue weighted by Gasteiger charge is -2.21. The number of hydrogen-bond donors (Lipinski definition) is 6. The van der Waals surface area contributed by atoms with Crippen LogP contribution in [0.5, 0.6) is 0 Å². The number of aliphatic hydroxyl groups excluding tert-OH is 1. The van der Waals surface area contributed by atoms with Crippen LogP contribution < -0.4 is 26.6 Å². The Hall–Kier alpha value is -4.38. The number of anilines is 6. The number of amides is 3. The predicted molar refractivity (Wildman–Crippen MR) is 298 cm³/mol. The van der Waals surface area contributed by atoms with Gasteiger partial charge in [-0.2, -0.15) is 0 Å². The molecule has 6 rings (SSSR count). The van der Waals surface area contributed by atoms with Crippen molar-refractivity contribution < 1.29 is 28.3 Å². The summed E-state index contributed by atoms with van der Waals surface area (Å²) >= 11 is 10.1. The lowest BCUT2D eigenvalue weighted by Crippen LogP contribution is -2.31. The maximum absolute atomic E-state index is 13.7. The number of nitrogens with zero attached hydrogens (tertiary/aromatic N) is 1. The Labute approximate surface area is 441 Å². The van der Waals surface area contributed by atoms with Gasteiger partial charge in [0.25, 0.3) is 17.7 Å². The van der Waals surface area contributed by atoms with Crippen molar-refractivity contribution >= 4 is 136 Å². The van der Waals surface area contributed by atoms with Crippen LogP contribution in [0, 0.1) is 43.1 Å². The summed E-state index contributed by atoms with van der Waals surface area (Å²) in [5.41, 5.74) is 9.00. The van der Waals surface area contributed by atoms with E-state index in [0.717, 1.165) is 61.0 Å². The molecule has 0 radical (unpaired) electrons. The minimum absolute atomic E-state index is 0.0846. The standard InChI is InChI=1S/C18H20FIN2O.C17H18FIN2O.C16H16BrIN2O2/c1-4-22(5-2)18(23)15-8-6-13(19)11-17(15)21-16-9-7-14(20)10-12(16)3;1-3-8-20-17(22)14-6-4-12(18)10-16(14)21-15-7-5-13(19)9-11(15)2;1-10-8-12(18)3-5-14(10)20-15-4-2-11(17)9-13(15)16(22)19-6-7-21/h6-11,21H,4-5H2,1-3H3;4-7,9-10,21H,3,8H2,1-2H3,(H,20,22);2-5,8-9,20-21H,6-7H2,1H3,(H,19,22). The Kier molecular flexibility index (Phi) is 22.7. The van der Waals surface area contributed by atoms with Crippen LogP contribution in [0.25, 0.3) is 0 Å². The van der Waals surface area contributed by atoms with Crippen LogP contribution in [0.2, 0.25) is 0 Å². The average Bonchev–Trinajstić information content (AvgIpc) is 3.29. The smallest absolute Gasteiger partial charge is 0.255 e. The van der Waals surface area contributed by atoms with E-state index in [0.29, 0.717) is 47.7 Å². The first-order valence-electron chi connectivity index (χ1n) is 21.4. The molecule has 0 saturated heterocycles. The lowest BCUT2D eigenvalue weighted by molar-refractivity contribution is 0.0773. The van der Waals surface area contributed by atoms with E-state index in [-0.39, 0.29) is 42.5 Å². The summed E-state index contributed by atoms with van der Waals surface area (Å²) in [5, 5.41) is 24.0. The van der Waals surface area contributed by atoms with E-state index < -0.39 is 0 Å². The summed E-state index contributed by atoms with van der Waals surface area (Å²) in [6.45, 7) is 13.8. The van der Waals surface area contributed by atoms with Gasteiger partial charge >= 0.3 is 0 Å². The fraction of sp³-hybridized carbons (Fsp3) is 0.235. The van der Waals surface area contributed by atoms with Crippen LogP contribution in [0.3, 0.4) is 0 Å². The van der Waals surface area contributed by atoms with Gasteiger partial charge in [0.2, 0.25) is 0 Å². The fourth-order valence-corrected chi connectivity index (χ4v) is 8.76. The molecule has 6 aromatic carbocycles. The van der Waals surface area contributed by atoms with E-state index in [1.54, 1.807) is 17.0 Å². The first-order valence-corrected chi connectivity index (χ1v) is 25.5. The second-order valence-corrected chi connectivity index (χ2v) is 19.7. The third-order valence-electron chi connectivity index (χ3n) is 10.0. The molecule has 0 fully saturated rings. The molecule has 10 nitrogen and oxygen atoms in total. The summed E-state index contributed by atoms with van der Waals surface area (Å²) < 4.78 is 31.5. The number of carbonyl (C=O) groups is 3. The number of aryl methyl sites for hydroxylation is 3. The van der Waals surface area contributed by atoms with E-state index >= 15 is 0 Å². The molecule has 0 saturated carbocycles. The number of rotatable bonds is 15. The van der Waals surface area contributed by atoms with E-state index in [1.165, 1.54) is 30.3 Å². The Morgan fingerprint density at radius 2 is 0.955 bits per heavy atom. The second-order valence-electron chi connectivity index (χ2n) is 15.0. The minimum atomic E-state index is -0.377. The van der Waals surface area contributed by atoms with Gasteiger partial charge < -0.3 is 36.6 Å². The van der Waals surface area contributed by atoms with E-state index in [9.17, 15) is 23.2 Å². The molecular formula is C51H54BrF2I3N6O4. The van der Waals surface area contributed by atoms with Crippen LogP contribution >= 0.6 is 83.7 Å². The number of carbonyl (C=O) groups excluding carboxylic acids is 3. The van der Waals surface area contributed by atoms with Gasteiger partial charge in [-0.15, -0.1) is 0 Å². The van der Waals surface area contributed by atoms with Gasteiger partial charge in [0, 0.05) is 58.4 Å². The molecule has 0 aliphatic carbocycles. The molecule has 6 aromatic rings. The molecule has 0 spiro atoms. The Balaban J connectivity index is 0.000000219. The highest BCUT2D eigenvalue weighted by Crippen LogP contribution is 2.30. The highest BCUT2D eigenvalue weighted by atomic mass is 127. The molecule has 0 aliphatic heterocycles.